The van der Waals surface area contributed by atoms with Gasteiger partial charge in [0.15, 0.2) is 0 Å². The second-order valence-corrected chi connectivity index (χ2v) is 23.4. The number of halogens is 2. The van der Waals surface area contributed by atoms with Crippen LogP contribution in [0.4, 0.5) is 0 Å². The molecular weight excluding hydrogens is 556 g/mol. The predicted octanol–water partition coefficient (Wildman–Crippen LogP) is -0.750. The Morgan fingerprint density at radius 2 is 0.786 bits per heavy atom. The van der Waals surface area contributed by atoms with E-state index >= 15 is 0 Å². The first-order chi connectivity index (χ1) is 12.1. The maximum atomic E-state index is 9.35. The molecule has 9 heteroatoms. The Kier molecular flexibility index (Phi) is 14.8. The Hall–Kier alpha value is 0.283. The van der Waals surface area contributed by atoms with Gasteiger partial charge in [0.05, 0.1) is 0 Å². The molecule has 0 saturated heterocycles. The molecule has 0 aliphatic heterocycles. The maximum Gasteiger partial charge on any atom is -1.00 e. The van der Waals surface area contributed by atoms with Crippen LogP contribution in [-0.2, 0) is 49.0 Å². The zero-order chi connectivity index (χ0) is 20.2. The van der Waals surface area contributed by atoms with E-state index in [9.17, 15) is 14.4 Å². The van der Waals surface area contributed by atoms with Gasteiger partial charge >= 0.3 is 172 Å². The third-order valence-electron chi connectivity index (χ3n) is 5.05. The van der Waals surface area contributed by atoms with Gasteiger partial charge in [-0.1, -0.05) is 0 Å². The molecule has 0 bridgehead atoms. The van der Waals surface area contributed by atoms with Crippen molar-refractivity contribution in [2.45, 2.75) is 55.4 Å². The molecule has 2 rings (SSSR count). The molecule has 0 unspecified atom stereocenters. The van der Waals surface area contributed by atoms with Crippen molar-refractivity contribution in [3.8, 4) is 0 Å². The third kappa shape index (κ3) is 6.64. The van der Waals surface area contributed by atoms with E-state index in [1.807, 2.05) is 0 Å². The van der Waals surface area contributed by atoms with E-state index < -0.39 is 12.6 Å². The van der Waals surface area contributed by atoms with Gasteiger partial charge in [-0.25, -0.2) is 0 Å². The minimum absolute atomic E-state index is 0. The monoisotopic (exact) mass is 578 g/mol. The smallest absolute Gasteiger partial charge is 1.00 e. The van der Waals surface area contributed by atoms with Crippen molar-refractivity contribution in [2.75, 3.05) is 0 Å². The summed E-state index contributed by atoms with van der Waals surface area (Å²) in [7, 11) is 0. The molecule has 2 heterocycles. The quantitative estimate of drug-likeness (QED) is 0.440. The fraction of sp³-hybridized carbons (Fsp3) is 0.421. The largest absolute Gasteiger partial charge is 1.00 e. The van der Waals surface area contributed by atoms with Gasteiger partial charge in [-0.05, 0) is 0 Å². The SMILES string of the molecule is Cc1c(C)c(C)[p]([Zr+2][p]2c(C)c(C)c(C)c2C)c1C.O=[C]=[Fe](=[C]=O)=[C]=O.[Cl-].[Cl-]. The maximum absolute atomic E-state index is 9.35. The van der Waals surface area contributed by atoms with E-state index in [-0.39, 0.29) is 56.5 Å². The molecule has 2 aromatic rings. The van der Waals surface area contributed by atoms with E-state index in [1.165, 1.54) is 14.4 Å². The van der Waals surface area contributed by atoms with E-state index in [2.05, 4.69) is 55.4 Å². The molecule has 0 aliphatic rings. The fourth-order valence-electron chi connectivity index (χ4n) is 2.70. The Morgan fingerprint density at radius 3 is 0.929 bits per heavy atom. The van der Waals surface area contributed by atoms with Crippen molar-refractivity contribution in [3.63, 3.8) is 0 Å². The van der Waals surface area contributed by atoms with E-state index in [0.717, 1.165) is 0 Å². The van der Waals surface area contributed by atoms with Crippen LogP contribution in [0.5, 0.6) is 0 Å². The summed E-state index contributed by atoms with van der Waals surface area (Å²) >= 11 is -2.50. The van der Waals surface area contributed by atoms with Crippen LogP contribution in [-0.4, -0.2) is 14.4 Å². The Bertz CT molecular complexity index is 929. The Labute approximate surface area is 195 Å². The van der Waals surface area contributed by atoms with Crippen LogP contribution in [0.15, 0.2) is 0 Å². The first kappa shape index (κ1) is 30.5. The minimum atomic E-state index is -2.12. The molecule has 0 saturated carbocycles. The van der Waals surface area contributed by atoms with Crippen molar-refractivity contribution >= 4 is 24.0 Å². The summed E-state index contributed by atoms with van der Waals surface area (Å²) in [4.78, 5) is 31.9. The molecule has 0 spiro atoms. The summed E-state index contributed by atoms with van der Waals surface area (Å²) in [5.41, 5.74) is 6.43. The molecule has 0 radical (unpaired) electrons. The molecule has 0 aliphatic carbocycles. The molecule has 0 fully saturated rings. The van der Waals surface area contributed by atoms with Crippen molar-refractivity contribution in [1.82, 2.24) is 0 Å². The van der Waals surface area contributed by atoms with Crippen LogP contribution >= 0.6 is 9.65 Å². The molecule has 0 amide bonds. The molecular formula is C19H24Cl2FeO3P2Zr. The fourth-order valence-corrected chi connectivity index (χ4v) is 31.7. The summed E-state index contributed by atoms with van der Waals surface area (Å²) in [5, 5.41) is 7.01. The molecule has 154 valence electrons. The van der Waals surface area contributed by atoms with E-state index in [0.29, 0.717) is 0 Å². The number of rotatable bonds is 2. The molecule has 0 aromatic carbocycles. The van der Waals surface area contributed by atoms with Crippen LogP contribution in [0.25, 0.3) is 0 Å². The Morgan fingerprint density at radius 1 is 0.571 bits per heavy atom. The first-order valence-electron chi connectivity index (χ1n) is 7.98. The normalized spacial score (nSPS) is 9.04. The summed E-state index contributed by atoms with van der Waals surface area (Å²) in [6.07, 6.45) is 0. The first-order valence-corrected chi connectivity index (χ1v) is 18.9. The summed E-state index contributed by atoms with van der Waals surface area (Å²) in [5.74, 6) is 0. The van der Waals surface area contributed by atoms with Gasteiger partial charge < -0.3 is 24.8 Å². The van der Waals surface area contributed by atoms with Gasteiger partial charge in [-0.3, -0.25) is 0 Å². The van der Waals surface area contributed by atoms with Gasteiger partial charge in [0.2, 0.25) is 0 Å². The van der Waals surface area contributed by atoms with Gasteiger partial charge in [0.1, 0.15) is 0 Å². The second-order valence-electron chi connectivity index (χ2n) is 6.09. The van der Waals surface area contributed by atoms with Crippen LogP contribution < -0.4 is 24.8 Å². The number of hydrogen-bond donors (Lipinski definition) is 0. The third-order valence-corrected chi connectivity index (χ3v) is 30.1. The zero-order valence-corrected chi connectivity index (χ0v) is 24.1. The molecule has 0 N–H and O–H groups in total. The van der Waals surface area contributed by atoms with Crippen LogP contribution in [0.3, 0.4) is 0 Å². The van der Waals surface area contributed by atoms with Crippen molar-refractivity contribution in [2.24, 2.45) is 0 Å². The van der Waals surface area contributed by atoms with Crippen LogP contribution in [0.2, 0.25) is 0 Å². The van der Waals surface area contributed by atoms with Gasteiger partial charge in [-0.15, -0.1) is 0 Å². The van der Waals surface area contributed by atoms with Crippen molar-refractivity contribution in [3.05, 3.63) is 43.4 Å². The van der Waals surface area contributed by atoms with E-state index in [1.54, 1.807) is 43.4 Å². The average molecular weight is 580 g/mol. The Balaban J connectivity index is 0. The van der Waals surface area contributed by atoms with Crippen LogP contribution in [0.1, 0.15) is 43.4 Å². The summed E-state index contributed by atoms with van der Waals surface area (Å²) in [6.45, 7) is 19.0. The standard InChI is InChI=1S/2C8H12P.3CO.2ClH.Fe.Zr/c2*1-5-6(2)8(4)9-7(5)3;3*1-2;;;;/h2*1-4H3;;;;2*1H;;/q2*-1;;;;;;;+4/p-2. The summed E-state index contributed by atoms with van der Waals surface area (Å²) in [6, 6.07) is 0. The molecule has 0 atom stereocenters. The van der Waals surface area contributed by atoms with Crippen LogP contribution in [0, 0.1) is 55.4 Å². The molecule has 3 nitrogen and oxygen atoms in total. The molecule has 2 aromatic heterocycles. The zero-order valence-electron chi connectivity index (χ0n) is 17.2. The van der Waals surface area contributed by atoms with E-state index in [4.69, 9.17) is 0 Å². The van der Waals surface area contributed by atoms with Gasteiger partial charge in [0, 0.05) is 0 Å². The molecule has 28 heavy (non-hydrogen) atoms. The van der Waals surface area contributed by atoms with Gasteiger partial charge in [0.25, 0.3) is 0 Å². The second kappa shape index (κ2) is 13.6. The predicted molar refractivity (Wildman–Crippen MR) is 104 cm³/mol. The minimum Gasteiger partial charge on any atom is -1.00 e. The number of hydrogen-bond acceptors (Lipinski definition) is 3. The summed E-state index contributed by atoms with van der Waals surface area (Å²) < 4.78 is 0. The van der Waals surface area contributed by atoms with Gasteiger partial charge in [-0.2, -0.15) is 0 Å². The number of carbonyl (C=O) groups excluding carboxylic acids is 3. The van der Waals surface area contributed by atoms with Crippen molar-refractivity contribution < 1.29 is 73.9 Å². The van der Waals surface area contributed by atoms with Crippen molar-refractivity contribution in [1.29, 1.82) is 0 Å². The average Bonchev–Trinajstić information content (AvgIpc) is 2.93. The topological polar surface area (TPSA) is 51.2 Å².